The summed E-state index contributed by atoms with van der Waals surface area (Å²) in [5.74, 6) is -1.81. The molecule has 1 aromatic carbocycles. The number of pyridine rings is 1. The van der Waals surface area contributed by atoms with Crippen LogP contribution in [0, 0.1) is 31.3 Å². The Balaban J connectivity index is 1.40. The number of hydrogen-bond acceptors (Lipinski definition) is 6. The summed E-state index contributed by atoms with van der Waals surface area (Å²) in [6, 6.07) is 6.78. The first-order valence-corrected chi connectivity index (χ1v) is 10.3. The van der Waals surface area contributed by atoms with Gasteiger partial charge in [0.15, 0.2) is 17.5 Å². The van der Waals surface area contributed by atoms with E-state index in [1.807, 2.05) is 30.0 Å². The van der Waals surface area contributed by atoms with E-state index in [9.17, 15) is 18.0 Å². The lowest BCUT2D eigenvalue weighted by molar-refractivity contribution is 0.208. The topological polar surface area (TPSA) is 86.3 Å². The van der Waals surface area contributed by atoms with Crippen LogP contribution in [0.3, 0.4) is 0 Å². The second-order valence-corrected chi connectivity index (χ2v) is 7.63. The number of anilines is 4. The highest BCUT2D eigenvalue weighted by Gasteiger charge is 2.24. The van der Waals surface area contributed by atoms with Crippen molar-refractivity contribution in [3.8, 4) is 0 Å². The monoisotopic (exact) mass is 457 g/mol. The van der Waals surface area contributed by atoms with Crippen molar-refractivity contribution in [2.24, 2.45) is 0 Å². The summed E-state index contributed by atoms with van der Waals surface area (Å²) >= 11 is 0. The normalized spacial score (nSPS) is 13.7. The van der Waals surface area contributed by atoms with Crippen molar-refractivity contribution in [1.29, 1.82) is 0 Å². The first kappa shape index (κ1) is 22.3. The van der Waals surface area contributed by atoms with Crippen molar-refractivity contribution in [3.05, 3.63) is 65.4 Å². The molecule has 4 rings (SSSR count). The Morgan fingerprint density at radius 2 is 1.70 bits per heavy atom. The number of piperazine rings is 1. The number of halogens is 3. The van der Waals surface area contributed by atoms with E-state index in [2.05, 4.69) is 25.6 Å². The predicted molar refractivity (Wildman–Crippen MR) is 118 cm³/mol. The molecule has 0 aliphatic carbocycles. The van der Waals surface area contributed by atoms with Crippen LogP contribution < -0.4 is 15.5 Å². The number of aryl methyl sites for hydroxylation is 2. The maximum absolute atomic E-state index is 13.8. The Labute approximate surface area is 188 Å². The Morgan fingerprint density at radius 3 is 2.42 bits per heavy atom. The van der Waals surface area contributed by atoms with Crippen molar-refractivity contribution in [1.82, 2.24) is 19.9 Å². The SMILES string of the molecule is Cc1ccnc(Nc2cc(N3CCN(C(=O)Nc4ccc(F)c(F)c4F)CC3)nc(C)n2)c1. The quantitative estimate of drug-likeness (QED) is 0.576. The number of amides is 2. The Hall–Kier alpha value is -3.89. The molecule has 2 N–H and O–H groups in total. The second kappa shape index (κ2) is 9.31. The molecule has 172 valence electrons. The van der Waals surface area contributed by atoms with Crippen LogP contribution >= 0.6 is 0 Å². The van der Waals surface area contributed by atoms with Crippen LogP contribution in [-0.4, -0.2) is 52.1 Å². The molecular formula is C22H22F3N7O. The molecule has 3 heterocycles. The molecule has 3 aromatic rings. The highest BCUT2D eigenvalue weighted by atomic mass is 19.2. The number of nitrogens with one attached hydrogen (secondary N) is 2. The van der Waals surface area contributed by atoms with Gasteiger partial charge in [0.1, 0.15) is 23.3 Å². The molecule has 0 atom stereocenters. The van der Waals surface area contributed by atoms with Gasteiger partial charge in [-0.1, -0.05) is 0 Å². The molecule has 1 fully saturated rings. The van der Waals surface area contributed by atoms with Gasteiger partial charge in [0.2, 0.25) is 0 Å². The number of urea groups is 1. The summed E-state index contributed by atoms with van der Waals surface area (Å²) in [5, 5.41) is 5.47. The number of benzene rings is 1. The molecule has 8 nitrogen and oxygen atoms in total. The van der Waals surface area contributed by atoms with E-state index in [1.165, 1.54) is 4.90 Å². The standard InChI is InChI=1S/C22H22F3N7O/c1-13-5-6-26-17(11-13)30-18-12-19(28-14(2)27-18)31-7-9-32(10-8-31)22(33)29-16-4-3-15(23)20(24)21(16)25/h3-6,11-12H,7-10H2,1-2H3,(H,29,33)(H,26,27,28,30). The Morgan fingerprint density at radius 1 is 0.939 bits per heavy atom. The number of hydrogen-bond donors (Lipinski definition) is 2. The van der Waals surface area contributed by atoms with Gasteiger partial charge in [-0.3, -0.25) is 0 Å². The summed E-state index contributed by atoms with van der Waals surface area (Å²) < 4.78 is 40.3. The summed E-state index contributed by atoms with van der Waals surface area (Å²) in [6.07, 6.45) is 1.71. The van der Waals surface area contributed by atoms with Gasteiger partial charge in [-0.15, -0.1) is 0 Å². The van der Waals surface area contributed by atoms with E-state index in [0.717, 1.165) is 17.7 Å². The van der Waals surface area contributed by atoms with Crippen LogP contribution in [0.5, 0.6) is 0 Å². The van der Waals surface area contributed by atoms with Crippen molar-refractivity contribution in [2.45, 2.75) is 13.8 Å². The molecule has 0 saturated carbocycles. The van der Waals surface area contributed by atoms with Crippen molar-refractivity contribution < 1.29 is 18.0 Å². The van der Waals surface area contributed by atoms with Crippen molar-refractivity contribution in [2.75, 3.05) is 41.7 Å². The van der Waals surface area contributed by atoms with Gasteiger partial charge in [0.05, 0.1) is 5.69 Å². The molecule has 1 aliphatic heterocycles. The maximum Gasteiger partial charge on any atom is 0.322 e. The maximum atomic E-state index is 13.8. The fourth-order valence-electron chi connectivity index (χ4n) is 3.47. The summed E-state index contributed by atoms with van der Waals surface area (Å²) in [5.41, 5.74) is 0.657. The summed E-state index contributed by atoms with van der Waals surface area (Å²) in [7, 11) is 0. The molecule has 1 saturated heterocycles. The van der Waals surface area contributed by atoms with Gasteiger partial charge >= 0.3 is 6.03 Å². The molecule has 1 aliphatic rings. The molecule has 0 spiro atoms. The van der Waals surface area contributed by atoms with E-state index in [4.69, 9.17) is 0 Å². The molecule has 2 aromatic heterocycles. The van der Waals surface area contributed by atoms with Gasteiger partial charge in [0, 0.05) is 38.4 Å². The molecular weight excluding hydrogens is 435 g/mol. The van der Waals surface area contributed by atoms with Crippen molar-refractivity contribution in [3.63, 3.8) is 0 Å². The number of aromatic nitrogens is 3. The molecule has 11 heteroatoms. The van der Waals surface area contributed by atoms with Crippen LogP contribution in [-0.2, 0) is 0 Å². The van der Waals surface area contributed by atoms with E-state index < -0.39 is 29.2 Å². The van der Waals surface area contributed by atoms with Gasteiger partial charge < -0.3 is 20.4 Å². The van der Waals surface area contributed by atoms with E-state index in [-0.39, 0.29) is 0 Å². The highest BCUT2D eigenvalue weighted by Crippen LogP contribution is 2.22. The zero-order valence-electron chi connectivity index (χ0n) is 18.1. The van der Waals surface area contributed by atoms with Crippen LogP contribution in [0.2, 0.25) is 0 Å². The fourth-order valence-corrected chi connectivity index (χ4v) is 3.47. The van der Waals surface area contributed by atoms with Crippen LogP contribution in [0.15, 0.2) is 36.5 Å². The van der Waals surface area contributed by atoms with Crippen molar-refractivity contribution >= 4 is 29.2 Å². The second-order valence-electron chi connectivity index (χ2n) is 7.63. The molecule has 0 unspecified atom stereocenters. The molecule has 33 heavy (non-hydrogen) atoms. The first-order chi connectivity index (χ1) is 15.8. The molecule has 2 amide bonds. The molecule has 0 bridgehead atoms. The van der Waals surface area contributed by atoms with Gasteiger partial charge in [-0.05, 0) is 43.7 Å². The smallest absolute Gasteiger partial charge is 0.322 e. The van der Waals surface area contributed by atoms with Crippen LogP contribution in [0.1, 0.15) is 11.4 Å². The summed E-state index contributed by atoms with van der Waals surface area (Å²) in [4.78, 5) is 29.1. The minimum Gasteiger partial charge on any atom is -0.353 e. The number of carbonyl (C=O) groups excluding carboxylic acids is 1. The Bertz CT molecular complexity index is 1180. The van der Waals surface area contributed by atoms with Crippen LogP contribution in [0.25, 0.3) is 0 Å². The lowest BCUT2D eigenvalue weighted by Gasteiger charge is -2.35. The third-order valence-electron chi connectivity index (χ3n) is 5.16. The minimum absolute atomic E-state index is 0.336. The first-order valence-electron chi connectivity index (χ1n) is 10.3. The van der Waals surface area contributed by atoms with Gasteiger partial charge in [0.25, 0.3) is 0 Å². The lowest BCUT2D eigenvalue weighted by Crippen LogP contribution is -2.50. The van der Waals surface area contributed by atoms with E-state index in [1.54, 1.807) is 13.1 Å². The van der Waals surface area contributed by atoms with Crippen LogP contribution in [0.4, 0.5) is 41.1 Å². The van der Waals surface area contributed by atoms with E-state index >= 15 is 0 Å². The minimum atomic E-state index is -1.62. The number of rotatable bonds is 4. The summed E-state index contributed by atoms with van der Waals surface area (Å²) in [6.45, 7) is 5.39. The zero-order valence-corrected chi connectivity index (χ0v) is 18.1. The fraction of sp³-hybridized carbons (Fsp3) is 0.273. The number of nitrogens with zero attached hydrogens (tertiary/aromatic N) is 5. The zero-order chi connectivity index (χ0) is 23.5. The van der Waals surface area contributed by atoms with Gasteiger partial charge in [-0.25, -0.2) is 32.9 Å². The highest BCUT2D eigenvalue weighted by molar-refractivity contribution is 5.89. The average molecular weight is 457 g/mol. The molecule has 0 radical (unpaired) electrons. The Kier molecular flexibility index (Phi) is 6.29. The van der Waals surface area contributed by atoms with Gasteiger partial charge in [-0.2, -0.15) is 0 Å². The average Bonchev–Trinajstić information content (AvgIpc) is 2.79. The predicted octanol–water partition coefficient (Wildman–Crippen LogP) is 4.00. The number of carbonyl (C=O) groups is 1. The lowest BCUT2D eigenvalue weighted by atomic mass is 10.2. The third kappa shape index (κ3) is 5.13. The largest absolute Gasteiger partial charge is 0.353 e. The van der Waals surface area contributed by atoms with E-state index in [0.29, 0.717) is 49.5 Å². The third-order valence-corrected chi connectivity index (χ3v) is 5.16.